The molecule has 9 nitrogen and oxygen atoms in total. The summed E-state index contributed by atoms with van der Waals surface area (Å²) in [5.74, 6) is -1.58. The van der Waals surface area contributed by atoms with Gasteiger partial charge in [-0.05, 0) is 30.7 Å². The summed E-state index contributed by atoms with van der Waals surface area (Å²) in [4.78, 5) is 27.5. The summed E-state index contributed by atoms with van der Waals surface area (Å²) >= 11 is 0. The molecule has 1 atom stereocenters. The van der Waals surface area contributed by atoms with E-state index in [0.29, 0.717) is 61.6 Å². The summed E-state index contributed by atoms with van der Waals surface area (Å²) in [7, 11) is -3.54. The lowest BCUT2D eigenvalue weighted by atomic mass is 10.0. The molecule has 2 saturated heterocycles. The smallest absolute Gasteiger partial charge is 0.253 e. The number of hydrogen-bond donors (Lipinski definition) is 2. The average Bonchev–Trinajstić information content (AvgIpc) is 3.26. The van der Waals surface area contributed by atoms with Crippen LogP contribution in [0.5, 0.6) is 0 Å². The van der Waals surface area contributed by atoms with Crippen molar-refractivity contribution in [3.8, 4) is 0 Å². The van der Waals surface area contributed by atoms with E-state index in [4.69, 9.17) is 9.47 Å². The molecule has 35 heavy (non-hydrogen) atoms. The summed E-state index contributed by atoms with van der Waals surface area (Å²) in [6.07, 6.45) is 1.25. The minimum absolute atomic E-state index is 0.127. The molecule has 0 bridgehead atoms. The number of rotatable bonds is 5. The molecule has 2 aromatic rings. The minimum atomic E-state index is -3.54. The fraction of sp³-hybridized carbons (Fsp3) is 0.440. The Morgan fingerprint density at radius 3 is 2.54 bits per heavy atom. The van der Waals surface area contributed by atoms with Crippen LogP contribution in [0.1, 0.15) is 34.3 Å². The number of likely N-dealkylation sites (tertiary alicyclic amines) is 1. The van der Waals surface area contributed by atoms with Gasteiger partial charge in [0.25, 0.3) is 5.91 Å². The standard InChI is InChI=1S/C25H29N3O6S/c1-17-3-2-4-18(13-17)15-35(31,32)16-22-23(29)27-21-14-19(5-6-20(21)26-22)24(30)28-9-7-25(8-10-28)33-11-12-34-25/h2-6,13-14,22,26H,7-12,15-16H2,1H3,(H,27,29). The van der Waals surface area contributed by atoms with Crippen LogP contribution in [-0.2, 0) is 29.9 Å². The molecule has 2 aromatic carbocycles. The Labute approximate surface area is 204 Å². The summed E-state index contributed by atoms with van der Waals surface area (Å²) in [5.41, 5.74) is 3.18. The average molecular weight is 500 g/mol. The molecule has 0 aliphatic carbocycles. The highest BCUT2D eigenvalue weighted by Crippen LogP contribution is 2.33. The molecule has 2 N–H and O–H groups in total. The molecule has 186 valence electrons. The molecule has 1 spiro atoms. The molecule has 2 fully saturated rings. The van der Waals surface area contributed by atoms with Crippen molar-refractivity contribution in [2.75, 3.05) is 42.7 Å². The van der Waals surface area contributed by atoms with Crippen LogP contribution >= 0.6 is 0 Å². The first kappa shape index (κ1) is 23.8. The van der Waals surface area contributed by atoms with Crippen molar-refractivity contribution in [3.05, 3.63) is 59.2 Å². The van der Waals surface area contributed by atoms with Crippen molar-refractivity contribution >= 4 is 33.0 Å². The number of aryl methyl sites for hydroxylation is 1. The van der Waals surface area contributed by atoms with Crippen molar-refractivity contribution in [3.63, 3.8) is 0 Å². The number of amides is 2. The molecule has 1 unspecified atom stereocenters. The first-order valence-electron chi connectivity index (χ1n) is 11.8. The van der Waals surface area contributed by atoms with Crippen molar-refractivity contribution < 1.29 is 27.5 Å². The van der Waals surface area contributed by atoms with Gasteiger partial charge in [-0.2, -0.15) is 0 Å². The summed E-state index contributed by atoms with van der Waals surface area (Å²) in [5, 5.41) is 5.80. The van der Waals surface area contributed by atoms with Crippen LogP contribution in [0.3, 0.4) is 0 Å². The molecule has 0 saturated carbocycles. The van der Waals surface area contributed by atoms with Gasteiger partial charge in [0.15, 0.2) is 15.6 Å². The highest BCUT2D eigenvalue weighted by atomic mass is 32.2. The number of fused-ring (bicyclic) bond motifs is 1. The summed E-state index contributed by atoms with van der Waals surface area (Å²) < 4.78 is 37.0. The Morgan fingerprint density at radius 1 is 1.09 bits per heavy atom. The van der Waals surface area contributed by atoms with Gasteiger partial charge in [0, 0.05) is 31.5 Å². The van der Waals surface area contributed by atoms with E-state index in [-0.39, 0.29) is 17.4 Å². The number of sulfone groups is 1. The minimum Gasteiger partial charge on any atom is -0.371 e. The molecular weight excluding hydrogens is 470 g/mol. The van der Waals surface area contributed by atoms with Gasteiger partial charge in [0.2, 0.25) is 5.91 Å². The maximum absolute atomic E-state index is 13.1. The fourth-order valence-electron chi connectivity index (χ4n) is 4.88. The third-order valence-electron chi connectivity index (χ3n) is 6.69. The second-order valence-corrected chi connectivity index (χ2v) is 11.5. The van der Waals surface area contributed by atoms with Crippen LogP contribution in [0.2, 0.25) is 0 Å². The Kier molecular flexibility index (Phi) is 6.29. The number of benzene rings is 2. The Bertz CT molecular complexity index is 1250. The van der Waals surface area contributed by atoms with Crippen LogP contribution in [0, 0.1) is 6.92 Å². The number of carbonyl (C=O) groups is 2. The zero-order valence-corrected chi connectivity index (χ0v) is 20.4. The number of carbonyl (C=O) groups excluding carboxylic acids is 2. The van der Waals surface area contributed by atoms with E-state index in [1.807, 2.05) is 25.1 Å². The number of nitrogens with one attached hydrogen (secondary N) is 2. The van der Waals surface area contributed by atoms with Gasteiger partial charge in [0.05, 0.1) is 36.1 Å². The molecule has 0 radical (unpaired) electrons. The predicted octanol–water partition coefficient (Wildman–Crippen LogP) is 2.32. The van der Waals surface area contributed by atoms with Crippen molar-refractivity contribution in [2.24, 2.45) is 0 Å². The monoisotopic (exact) mass is 499 g/mol. The topological polar surface area (TPSA) is 114 Å². The van der Waals surface area contributed by atoms with Crippen LogP contribution in [-0.4, -0.2) is 69.0 Å². The molecule has 3 aliphatic heterocycles. The van der Waals surface area contributed by atoms with Crippen LogP contribution in [0.25, 0.3) is 0 Å². The molecule has 3 heterocycles. The number of hydrogen-bond acceptors (Lipinski definition) is 7. The third-order valence-corrected chi connectivity index (χ3v) is 8.30. The second kappa shape index (κ2) is 9.25. The van der Waals surface area contributed by atoms with E-state index in [2.05, 4.69) is 10.6 Å². The van der Waals surface area contributed by atoms with Crippen molar-refractivity contribution in [2.45, 2.75) is 37.3 Å². The van der Waals surface area contributed by atoms with Gasteiger partial charge >= 0.3 is 0 Å². The largest absolute Gasteiger partial charge is 0.371 e. The number of piperidine rings is 1. The zero-order valence-electron chi connectivity index (χ0n) is 19.6. The van der Waals surface area contributed by atoms with Crippen LogP contribution in [0.4, 0.5) is 11.4 Å². The SMILES string of the molecule is Cc1cccc(CS(=O)(=O)CC2Nc3ccc(C(=O)N4CCC5(CC4)OCCO5)cc3NC2=O)c1. The van der Waals surface area contributed by atoms with E-state index >= 15 is 0 Å². The molecular formula is C25H29N3O6S. The first-order valence-corrected chi connectivity index (χ1v) is 13.6. The summed E-state index contributed by atoms with van der Waals surface area (Å²) in [6, 6.07) is 11.4. The lowest BCUT2D eigenvalue weighted by molar-refractivity contribution is -0.181. The first-order chi connectivity index (χ1) is 16.7. The Balaban J connectivity index is 1.23. The van der Waals surface area contributed by atoms with E-state index in [0.717, 1.165) is 5.56 Å². The number of nitrogens with zero attached hydrogens (tertiary/aromatic N) is 1. The highest BCUT2D eigenvalue weighted by Gasteiger charge is 2.41. The maximum atomic E-state index is 13.1. The van der Waals surface area contributed by atoms with E-state index in [1.54, 1.807) is 29.2 Å². The Hall–Kier alpha value is -2.95. The normalized spacial score (nSPS) is 21.3. The van der Waals surface area contributed by atoms with E-state index in [1.165, 1.54) is 0 Å². The Morgan fingerprint density at radius 2 is 1.83 bits per heavy atom. The third kappa shape index (κ3) is 5.19. The van der Waals surface area contributed by atoms with Gasteiger partial charge in [-0.1, -0.05) is 29.8 Å². The van der Waals surface area contributed by atoms with Gasteiger partial charge in [-0.25, -0.2) is 8.42 Å². The van der Waals surface area contributed by atoms with Crippen molar-refractivity contribution in [1.29, 1.82) is 0 Å². The molecule has 2 amide bonds. The van der Waals surface area contributed by atoms with Crippen LogP contribution in [0.15, 0.2) is 42.5 Å². The van der Waals surface area contributed by atoms with Gasteiger partial charge < -0.3 is 25.0 Å². The van der Waals surface area contributed by atoms with E-state index < -0.39 is 27.6 Å². The predicted molar refractivity (Wildman–Crippen MR) is 131 cm³/mol. The fourth-order valence-corrected chi connectivity index (χ4v) is 6.43. The lowest BCUT2D eigenvalue weighted by Crippen LogP contribution is -2.47. The van der Waals surface area contributed by atoms with Gasteiger partial charge in [-0.3, -0.25) is 9.59 Å². The zero-order chi connectivity index (χ0) is 24.6. The van der Waals surface area contributed by atoms with Gasteiger partial charge in [0.1, 0.15) is 6.04 Å². The van der Waals surface area contributed by atoms with Crippen molar-refractivity contribution in [1.82, 2.24) is 4.90 Å². The summed E-state index contributed by atoms with van der Waals surface area (Å²) in [6.45, 7) is 4.13. The van der Waals surface area contributed by atoms with E-state index in [9.17, 15) is 18.0 Å². The van der Waals surface area contributed by atoms with Gasteiger partial charge in [-0.15, -0.1) is 0 Å². The molecule has 3 aliphatic rings. The lowest BCUT2D eigenvalue weighted by Gasteiger charge is -2.37. The number of anilines is 2. The highest BCUT2D eigenvalue weighted by molar-refractivity contribution is 7.90. The quantitative estimate of drug-likeness (QED) is 0.649. The second-order valence-electron chi connectivity index (χ2n) is 9.39. The molecule has 5 rings (SSSR count). The molecule has 10 heteroatoms. The van der Waals surface area contributed by atoms with Crippen LogP contribution < -0.4 is 10.6 Å². The number of ether oxygens (including phenoxy) is 2. The molecule has 0 aromatic heterocycles. The maximum Gasteiger partial charge on any atom is 0.253 e.